The molecule has 1 aliphatic heterocycles. The van der Waals surface area contributed by atoms with Gasteiger partial charge in [-0.25, -0.2) is 0 Å². The molecule has 0 aliphatic carbocycles. The van der Waals surface area contributed by atoms with Crippen molar-refractivity contribution in [3.63, 3.8) is 0 Å². The number of hydrogen-bond acceptors (Lipinski definition) is 4. The number of fused-ring (bicyclic) bond motifs is 2. The van der Waals surface area contributed by atoms with E-state index in [0.717, 1.165) is 35.6 Å². The van der Waals surface area contributed by atoms with Gasteiger partial charge in [0.15, 0.2) is 0 Å². The van der Waals surface area contributed by atoms with Crippen molar-refractivity contribution >= 4 is 28.4 Å². The molecule has 4 aromatic carbocycles. The number of nitrogens with zero attached hydrogens (tertiary/aromatic N) is 3. The van der Waals surface area contributed by atoms with Crippen molar-refractivity contribution in [3.05, 3.63) is 162 Å². The van der Waals surface area contributed by atoms with Crippen molar-refractivity contribution in [2.75, 3.05) is 10.2 Å². The normalized spacial score (nSPS) is 13.5. The van der Waals surface area contributed by atoms with Crippen LogP contribution in [0.2, 0.25) is 0 Å². The van der Waals surface area contributed by atoms with Crippen LogP contribution in [0.3, 0.4) is 0 Å². The molecule has 7 rings (SSSR count). The van der Waals surface area contributed by atoms with Crippen molar-refractivity contribution in [1.29, 1.82) is 0 Å². The molecule has 234 valence electrons. The van der Waals surface area contributed by atoms with Crippen LogP contribution in [0.4, 0.5) is 28.4 Å². The van der Waals surface area contributed by atoms with Crippen molar-refractivity contribution in [3.8, 4) is 11.4 Å². The first-order chi connectivity index (χ1) is 22.7. The lowest BCUT2D eigenvalue weighted by atomic mass is 9.73. The van der Waals surface area contributed by atoms with Crippen molar-refractivity contribution in [2.45, 2.75) is 58.3 Å². The zero-order valence-electron chi connectivity index (χ0n) is 28.0. The van der Waals surface area contributed by atoms with Gasteiger partial charge < -0.3 is 10.2 Å². The van der Waals surface area contributed by atoms with Gasteiger partial charge in [-0.2, -0.15) is 0 Å². The van der Waals surface area contributed by atoms with Gasteiger partial charge in [0, 0.05) is 23.0 Å². The molecule has 0 amide bonds. The highest BCUT2D eigenvalue weighted by molar-refractivity contribution is 5.86. The lowest BCUT2D eigenvalue weighted by Crippen LogP contribution is -2.30. The maximum Gasteiger partial charge on any atom is 0.0887 e. The van der Waals surface area contributed by atoms with E-state index in [1.54, 1.807) is 0 Å². The van der Waals surface area contributed by atoms with Gasteiger partial charge in [0.25, 0.3) is 0 Å². The first-order valence-electron chi connectivity index (χ1n) is 16.5. The number of aryl methyl sites for hydroxylation is 2. The molecule has 4 heteroatoms. The number of hydrogen-bond donors (Lipinski definition) is 1. The summed E-state index contributed by atoms with van der Waals surface area (Å²) >= 11 is 0. The largest absolute Gasteiger partial charge is 0.354 e. The molecule has 0 saturated heterocycles. The number of pyridine rings is 2. The van der Waals surface area contributed by atoms with Crippen LogP contribution in [0, 0.1) is 0 Å². The highest BCUT2D eigenvalue weighted by atomic mass is 15.2. The van der Waals surface area contributed by atoms with Crippen LogP contribution in [-0.4, -0.2) is 9.97 Å². The average molecular weight is 615 g/mol. The van der Waals surface area contributed by atoms with Gasteiger partial charge in [0.2, 0.25) is 0 Å². The Morgan fingerprint density at radius 2 is 1.23 bits per heavy atom. The van der Waals surface area contributed by atoms with Crippen molar-refractivity contribution in [1.82, 2.24) is 9.97 Å². The Labute approximate surface area is 279 Å². The van der Waals surface area contributed by atoms with E-state index in [1.807, 2.05) is 54.9 Å². The summed E-state index contributed by atoms with van der Waals surface area (Å²) < 4.78 is 0. The second kappa shape index (κ2) is 12.2. The topological polar surface area (TPSA) is 41.0 Å². The van der Waals surface area contributed by atoms with Gasteiger partial charge in [-0.15, -0.1) is 0 Å². The smallest absolute Gasteiger partial charge is 0.0887 e. The summed E-state index contributed by atoms with van der Waals surface area (Å²) in [5.74, 6) is 0. The number of rotatable bonds is 7. The summed E-state index contributed by atoms with van der Waals surface area (Å²) in [6.07, 6.45) is 5.73. The monoisotopic (exact) mass is 614 g/mol. The molecule has 0 unspecified atom stereocenters. The Hall–Kier alpha value is -5.22. The molecule has 2 aromatic heterocycles. The van der Waals surface area contributed by atoms with Gasteiger partial charge >= 0.3 is 0 Å². The molecular formula is C43H42N4. The second-order valence-corrected chi connectivity index (χ2v) is 14.1. The summed E-state index contributed by atoms with van der Waals surface area (Å²) in [6.45, 7) is 11.5. The Kier molecular flexibility index (Phi) is 7.89. The molecule has 0 saturated carbocycles. The first-order valence-corrected chi connectivity index (χ1v) is 16.5. The highest BCUT2D eigenvalue weighted by Crippen LogP contribution is 2.52. The van der Waals surface area contributed by atoms with Crippen LogP contribution in [0.15, 0.2) is 134 Å². The third kappa shape index (κ3) is 6.16. The SMILES string of the molecule is CC(C)(C)c1ccc(N2c3ccccc3C(C)(C)c3cc(CCc4ccc(-c5ccc(Nc6ccccc6)cn5)nc4)ccc32)cc1. The van der Waals surface area contributed by atoms with Crippen LogP contribution in [0.1, 0.15) is 62.4 Å². The van der Waals surface area contributed by atoms with Crippen molar-refractivity contribution in [2.24, 2.45) is 0 Å². The molecule has 0 radical (unpaired) electrons. The fourth-order valence-corrected chi connectivity index (χ4v) is 6.61. The average Bonchev–Trinajstić information content (AvgIpc) is 3.09. The molecule has 3 heterocycles. The molecule has 6 aromatic rings. The quantitative estimate of drug-likeness (QED) is 0.194. The van der Waals surface area contributed by atoms with Crippen LogP contribution in [0.25, 0.3) is 11.4 Å². The maximum atomic E-state index is 4.77. The van der Waals surface area contributed by atoms with Gasteiger partial charge in [-0.05, 0) is 101 Å². The van der Waals surface area contributed by atoms with E-state index in [1.165, 1.54) is 44.9 Å². The summed E-state index contributed by atoms with van der Waals surface area (Å²) in [7, 11) is 0. The summed E-state index contributed by atoms with van der Waals surface area (Å²) in [6, 6.07) is 43.5. The molecule has 0 fully saturated rings. The number of aromatic nitrogens is 2. The lowest BCUT2D eigenvalue weighted by molar-refractivity contribution is 0.590. The Bertz CT molecular complexity index is 1990. The van der Waals surface area contributed by atoms with Gasteiger partial charge in [-0.1, -0.05) is 101 Å². The fourth-order valence-electron chi connectivity index (χ4n) is 6.61. The number of nitrogens with one attached hydrogen (secondary N) is 1. The molecule has 1 N–H and O–H groups in total. The minimum atomic E-state index is -0.119. The maximum absolute atomic E-state index is 4.77. The van der Waals surface area contributed by atoms with Crippen LogP contribution < -0.4 is 10.2 Å². The molecule has 0 spiro atoms. The molecule has 4 nitrogen and oxygen atoms in total. The van der Waals surface area contributed by atoms with Crippen molar-refractivity contribution < 1.29 is 0 Å². The molecule has 47 heavy (non-hydrogen) atoms. The van der Waals surface area contributed by atoms with E-state index >= 15 is 0 Å². The zero-order valence-corrected chi connectivity index (χ0v) is 28.0. The lowest BCUT2D eigenvalue weighted by Gasteiger charge is -2.42. The van der Waals surface area contributed by atoms with Crippen LogP contribution in [-0.2, 0) is 23.7 Å². The number of para-hydroxylation sites is 2. The minimum absolute atomic E-state index is 0.117. The Morgan fingerprint density at radius 1 is 0.596 bits per heavy atom. The molecule has 1 aliphatic rings. The van der Waals surface area contributed by atoms with E-state index in [0.29, 0.717) is 0 Å². The fraction of sp³-hybridized carbons (Fsp3) is 0.209. The predicted octanol–water partition coefficient (Wildman–Crippen LogP) is 11.1. The highest BCUT2D eigenvalue weighted by Gasteiger charge is 2.36. The zero-order chi connectivity index (χ0) is 32.6. The van der Waals surface area contributed by atoms with E-state index in [4.69, 9.17) is 4.98 Å². The van der Waals surface area contributed by atoms with E-state index in [-0.39, 0.29) is 10.8 Å². The third-order valence-corrected chi connectivity index (χ3v) is 9.40. The Balaban J connectivity index is 1.09. The van der Waals surface area contributed by atoms with E-state index < -0.39 is 0 Å². The summed E-state index contributed by atoms with van der Waals surface area (Å²) in [5, 5.41) is 3.38. The first kappa shape index (κ1) is 30.4. The third-order valence-electron chi connectivity index (χ3n) is 9.40. The number of anilines is 5. The molecular weight excluding hydrogens is 573 g/mol. The summed E-state index contributed by atoms with van der Waals surface area (Å²) in [4.78, 5) is 11.9. The predicted molar refractivity (Wildman–Crippen MR) is 197 cm³/mol. The molecule has 0 bridgehead atoms. The standard InChI is InChI=1S/C43H42N4/c1-42(2,3)32-19-22-35(23-20-32)47-40-14-10-9-13-36(40)43(4,5)37-27-30(18-26-41(37)47)15-16-31-17-24-38(44-28-31)39-25-21-34(29-45-39)46-33-11-7-6-8-12-33/h6-14,17-29,46H,15-16H2,1-5H3. The minimum Gasteiger partial charge on any atom is -0.354 e. The number of benzene rings is 4. The second-order valence-electron chi connectivity index (χ2n) is 14.1. The summed E-state index contributed by atoms with van der Waals surface area (Å²) in [5.41, 5.74) is 14.1. The Morgan fingerprint density at radius 3 is 1.91 bits per heavy atom. The van der Waals surface area contributed by atoms with Gasteiger partial charge in [0.05, 0.1) is 34.6 Å². The van der Waals surface area contributed by atoms with Crippen LogP contribution in [0.5, 0.6) is 0 Å². The van der Waals surface area contributed by atoms with E-state index in [9.17, 15) is 0 Å². The van der Waals surface area contributed by atoms with Crippen LogP contribution >= 0.6 is 0 Å². The van der Waals surface area contributed by atoms with E-state index in [2.05, 4.69) is 129 Å². The van der Waals surface area contributed by atoms with Gasteiger partial charge in [0.1, 0.15) is 0 Å². The molecule has 0 atom stereocenters. The van der Waals surface area contributed by atoms with Gasteiger partial charge in [-0.3, -0.25) is 9.97 Å².